The highest BCUT2D eigenvalue weighted by Crippen LogP contribution is 2.31. The summed E-state index contributed by atoms with van der Waals surface area (Å²) in [7, 11) is 0. The Morgan fingerprint density at radius 2 is 2.20 bits per heavy atom. The fourth-order valence-corrected chi connectivity index (χ4v) is 4.31. The number of ether oxygens (including phenoxy) is 1. The first-order valence-corrected chi connectivity index (χ1v) is 9.39. The fraction of sp³-hybridized carbons (Fsp3) is 0.368. The Kier molecular flexibility index (Phi) is 4.31. The van der Waals surface area contributed by atoms with Crippen molar-refractivity contribution in [2.45, 2.75) is 32.7 Å². The van der Waals surface area contributed by atoms with E-state index in [1.165, 1.54) is 11.3 Å². The van der Waals surface area contributed by atoms with Crippen LogP contribution in [-0.2, 0) is 4.74 Å². The van der Waals surface area contributed by atoms with Crippen molar-refractivity contribution < 1.29 is 9.53 Å². The van der Waals surface area contributed by atoms with Gasteiger partial charge in [0, 0.05) is 12.0 Å². The third-order valence-corrected chi connectivity index (χ3v) is 5.72. The number of nitrogens with one attached hydrogen (secondary N) is 1. The number of fused-ring (bicyclic) bond motifs is 1. The second kappa shape index (κ2) is 6.61. The third-order valence-electron chi connectivity index (χ3n) is 4.61. The molecule has 0 bridgehead atoms. The van der Waals surface area contributed by atoms with Crippen molar-refractivity contribution >= 4 is 27.5 Å². The molecule has 6 heteroatoms. The van der Waals surface area contributed by atoms with Crippen molar-refractivity contribution in [3.05, 3.63) is 46.5 Å². The molecule has 0 spiro atoms. The minimum absolute atomic E-state index is 0.0209. The summed E-state index contributed by atoms with van der Waals surface area (Å²) in [5.74, 6) is -0.0209. The summed E-state index contributed by atoms with van der Waals surface area (Å²) in [6.07, 6.45) is 1.98. The number of para-hydroxylation sites is 1. The van der Waals surface area contributed by atoms with E-state index < -0.39 is 0 Å². The van der Waals surface area contributed by atoms with Crippen LogP contribution in [0.2, 0.25) is 0 Å². The Morgan fingerprint density at radius 1 is 1.36 bits per heavy atom. The average molecular weight is 355 g/mol. The van der Waals surface area contributed by atoms with E-state index in [0.29, 0.717) is 6.61 Å². The summed E-state index contributed by atoms with van der Waals surface area (Å²) in [5.41, 5.74) is 3.15. The molecule has 1 N–H and O–H groups in total. The normalized spacial score (nSPS) is 17.8. The molecule has 1 aliphatic heterocycles. The topological polar surface area (TPSA) is 56.2 Å². The number of amides is 1. The Morgan fingerprint density at radius 3 is 2.96 bits per heavy atom. The Balaban J connectivity index is 1.67. The van der Waals surface area contributed by atoms with Gasteiger partial charge in [0.05, 0.1) is 28.9 Å². The maximum Gasteiger partial charge on any atom is 0.261 e. The Hall–Kier alpha value is -2.18. The molecule has 0 radical (unpaired) electrons. The number of aryl methyl sites for hydroxylation is 2. The van der Waals surface area contributed by atoms with Crippen LogP contribution in [0.3, 0.4) is 0 Å². The summed E-state index contributed by atoms with van der Waals surface area (Å²) in [6.45, 7) is 5.45. The molecular formula is C19H21N3O2S. The van der Waals surface area contributed by atoms with Crippen molar-refractivity contribution in [2.75, 3.05) is 13.2 Å². The van der Waals surface area contributed by atoms with Crippen molar-refractivity contribution in [1.82, 2.24) is 15.1 Å². The van der Waals surface area contributed by atoms with Crippen LogP contribution in [0.4, 0.5) is 0 Å². The molecule has 2 aromatic heterocycles. The maximum atomic E-state index is 12.6. The zero-order valence-electron chi connectivity index (χ0n) is 14.4. The van der Waals surface area contributed by atoms with Gasteiger partial charge in [-0.05, 0) is 44.4 Å². The van der Waals surface area contributed by atoms with Crippen molar-refractivity contribution in [3.8, 4) is 5.69 Å². The van der Waals surface area contributed by atoms with Gasteiger partial charge in [0.1, 0.15) is 4.83 Å². The lowest BCUT2D eigenvalue weighted by atomic mass is 10.1. The zero-order chi connectivity index (χ0) is 17.4. The van der Waals surface area contributed by atoms with E-state index in [1.807, 2.05) is 29.8 Å². The molecule has 3 aromatic rings. The van der Waals surface area contributed by atoms with Gasteiger partial charge >= 0.3 is 0 Å². The minimum atomic E-state index is -0.0209. The molecule has 1 fully saturated rings. The van der Waals surface area contributed by atoms with Crippen LogP contribution in [0.5, 0.6) is 0 Å². The molecule has 1 aromatic carbocycles. The standard InChI is InChI=1S/C19H21N3O2S/c1-12-6-3-4-8-16(12)22-19-15(13(2)21-22)10-17(25-19)18(23)20-14-7-5-9-24-11-14/h3-4,6,8,10,14H,5,7,9,11H2,1-2H3,(H,20,23). The summed E-state index contributed by atoms with van der Waals surface area (Å²) in [6, 6.07) is 10.2. The van der Waals surface area contributed by atoms with Gasteiger partial charge in [-0.25, -0.2) is 4.68 Å². The van der Waals surface area contributed by atoms with E-state index in [2.05, 4.69) is 29.5 Å². The van der Waals surface area contributed by atoms with Crippen molar-refractivity contribution in [2.24, 2.45) is 0 Å². The number of benzene rings is 1. The number of carbonyl (C=O) groups excluding carboxylic acids is 1. The first-order chi connectivity index (χ1) is 12.1. The SMILES string of the molecule is Cc1ccccc1-n1nc(C)c2cc(C(=O)NC3CCCOC3)sc21. The van der Waals surface area contributed by atoms with E-state index in [0.717, 1.165) is 51.5 Å². The number of hydrogen-bond donors (Lipinski definition) is 1. The lowest BCUT2D eigenvalue weighted by Gasteiger charge is -2.22. The molecule has 1 aliphatic rings. The second-order valence-corrected chi connectivity index (χ2v) is 7.53. The number of thiophene rings is 1. The van der Waals surface area contributed by atoms with Gasteiger partial charge in [-0.2, -0.15) is 5.10 Å². The second-order valence-electron chi connectivity index (χ2n) is 6.50. The summed E-state index contributed by atoms with van der Waals surface area (Å²) in [4.78, 5) is 14.4. The van der Waals surface area contributed by atoms with E-state index in [4.69, 9.17) is 4.74 Å². The average Bonchev–Trinajstić information content (AvgIpc) is 3.17. The van der Waals surface area contributed by atoms with Gasteiger partial charge < -0.3 is 10.1 Å². The molecule has 130 valence electrons. The highest BCUT2D eigenvalue weighted by atomic mass is 32.1. The number of hydrogen-bond acceptors (Lipinski definition) is 4. The molecule has 0 aliphatic carbocycles. The van der Waals surface area contributed by atoms with Crippen LogP contribution < -0.4 is 5.32 Å². The quantitative estimate of drug-likeness (QED) is 0.781. The number of rotatable bonds is 3. The number of carbonyl (C=O) groups is 1. The maximum absolute atomic E-state index is 12.6. The van der Waals surface area contributed by atoms with Crippen molar-refractivity contribution in [1.29, 1.82) is 0 Å². The number of aromatic nitrogens is 2. The van der Waals surface area contributed by atoms with E-state index in [9.17, 15) is 4.79 Å². The molecule has 1 saturated heterocycles. The minimum Gasteiger partial charge on any atom is -0.379 e. The van der Waals surface area contributed by atoms with Gasteiger partial charge in [-0.3, -0.25) is 4.79 Å². The van der Waals surface area contributed by atoms with Gasteiger partial charge in [0.2, 0.25) is 0 Å². The Bertz CT molecular complexity index is 922. The molecule has 1 atom stereocenters. The molecule has 3 heterocycles. The lowest BCUT2D eigenvalue weighted by molar-refractivity contribution is 0.0626. The number of nitrogens with zero attached hydrogens (tertiary/aromatic N) is 2. The van der Waals surface area contributed by atoms with Gasteiger partial charge in [0.15, 0.2) is 0 Å². The Labute approximate surface area is 150 Å². The molecule has 1 unspecified atom stereocenters. The smallest absolute Gasteiger partial charge is 0.261 e. The first-order valence-electron chi connectivity index (χ1n) is 8.57. The van der Waals surface area contributed by atoms with E-state index >= 15 is 0 Å². The van der Waals surface area contributed by atoms with Gasteiger partial charge in [0.25, 0.3) is 5.91 Å². The molecule has 4 rings (SSSR count). The fourth-order valence-electron chi connectivity index (χ4n) is 3.23. The van der Waals surface area contributed by atoms with Gasteiger partial charge in [-0.1, -0.05) is 18.2 Å². The highest BCUT2D eigenvalue weighted by molar-refractivity contribution is 7.20. The summed E-state index contributed by atoms with van der Waals surface area (Å²) < 4.78 is 7.40. The third kappa shape index (κ3) is 3.07. The summed E-state index contributed by atoms with van der Waals surface area (Å²) >= 11 is 1.49. The highest BCUT2D eigenvalue weighted by Gasteiger charge is 2.21. The zero-order valence-corrected chi connectivity index (χ0v) is 15.2. The van der Waals surface area contributed by atoms with Crippen LogP contribution in [0.15, 0.2) is 30.3 Å². The van der Waals surface area contributed by atoms with Crippen LogP contribution in [0.1, 0.15) is 33.8 Å². The molecule has 1 amide bonds. The largest absolute Gasteiger partial charge is 0.379 e. The van der Waals surface area contributed by atoms with Crippen LogP contribution >= 0.6 is 11.3 Å². The van der Waals surface area contributed by atoms with E-state index in [-0.39, 0.29) is 11.9 Å². The van der Waals surface area contributed by atoms with Gasteiger partial charge in [-0.15, -0.1) is 11.3 Å². The molecule has 5 nitrogen and oxygen atoms in total. The molecule has 25 heavy (non-hydrogen) atoms. The van der Waals surface area contributed by atoms with Crippen LogP contribution in [-0.4, -0.2) is 34.9 Å². The van der Waals surface area contributed by atoms with Crippen LogP contribution in [0, 0.1) is 13.8 Å². The monoisotopic (exact) mass is 355 g/mol. The summed E-state index contributed by atoms with van der Waals surface area (Å²) in [5, 5.41) is 8.81. The van der Waals surface area contributed by atoms with Crippen LogP contribution in [0.25, 0.3) is 15.9 Å². The molecule has 0 saturated carbocycles. The predicted octanol–water partition coefficient (Wildman–Crippen LogP) is 3.61. The van der Waals surface area contributed by atoms with Crippen molar-refractivity contribution in [3.63, 3.8) is 0 Å². The predicted molar refractivity (Wildman–Crippen MR) is 99.7 cm³/mol. The van der Waals surface area contributed by atoms with E-state index in [1.54, 1.807) is 0 Å². The molecular weight excluding hydrogens is 334 g/mol. The first kappa shape index (κ1) is 16.3. The lowest BCUT2D eigenvalue weighted by Crippen LogP contribution is -2.40.